The fraction of sp³-hybridized carbons (Fsp3) is 0.769. The Bertz CT molecular complexity index is 380. The smallest absolute Gasteiger partial charge is 0.0777 e. The Kier molecular flexibility index (Phi) is 3.84. The maximum absolute atomic E-state index is 5.45. The number of hydrogen-bond donors (Lipinski definition) is 1. The molecule has 0 bridgehead atoms. The van der Waals surface area contributed by atoms with Crippen LogP contribution in [-0.2, 0) is 4.74 Å². The minimum atomic E-state index is 0.371. The van der Waals surface area contributed by atoms with Gasteiger partial charge in [0.25, 0.3) is 0 Å². The van der Waals surface area contributed by atoms with E-state index >= 15 is 0 Å². The highest BCUT2D eigenvalue weighted by Crippen LogP contribution is 2.27. The Morgan fingerprint density at radius 1 is 1.53 bits per heavy atom. The second-order valence-corrected chi connectivity index (χ2v) is 4.83. The van der Waals surface area contributed by atoms with E-state index in [1.807, 2.05) is 0 Å². The molecule has 1 aromatic heterocycles. The molecular weight excluding hydrogens is 214 g/mol. The highest BCUT2D eigenvalue weighted by atomic mass is 16.5. The maximum Gasteiger partial charge on any atom is 0.0777 e. The first kappa shape index (κ1) is 12.6. The van der Waals surface area contributed by atoms with E-state index in [1.54, 1.807) is 0 Å². The van der Waals surface area contributed by atoms with E-state index in [-0.39, 0.29) is 0 Å². The molecule has 2 rings (SSSR count). The molecule has 2 atom stereocenters. The molecule has 1 aliphatic heterocycles. The molecule has 0 radical (unpaired) electrons. The molecule has 0 spiro atoms. The predicted octanol–water partition coefficient (Wildman–Crippen LogP) is 2.13. The van der Waals surface area contributed by atoms with E-state index in [2.05, 4.69) is 37.7 Å². The van der Waals surface area contributed by atoms with Crippen molar-refractivity contribution in [3.8, 4) is 0 Å². The molecule has 2 heterocycles. The third-order valence-corrected chi connectivity index (χ3v) is 3.58. The second kappa shape index (κ2) is 5.19. The Morgan fingerprint density at radius 2 is 2.29 bits per heavy atom. The van der Waals surface area contributed by atoms with Crippen molar-refractivity contribution in [2.45, 2.75) is 46.2 Å². The summed E-state index contributed by atoms with van der Waals surface area (Å²) in [6.07, 6.45) is 1.08. The summed E-state index contributed by atoms with van der Waals surface area (Å²) in [5.41, 5.74) is 3.77. The number of aromatic nitrogens is 2. The van der Waals surface area contributed by atoms with Gasteiger partial charge in [-0.2, -0.15) is 5.10 Å². The number of ether oxygens (including phenoxy) is 1. The summed E-state index contributed by atoms with van der Waals surface area (Å²) in [4.78, 5) is 0. The Balaban J connectivity index is 2.27. The molecule has 1 N–H and O–H groups in total. The minimum Gasteiger partial charge on any atom is -0.379 e. The fourth-order valence-electron chi connectivity index (χ4n) is 2.78. The quantitative estimate of drug-likeness (QED) is 0.872. The van der Waals surface area contributed by atoms with E-state index < -0.39 is 0 Å². The lowest BCUT2D eigenvalue weighted by Gasteiger charge is -2.15. The van der Waals surface area contributed by atoms with Gasteiger partial charge < -0.3 is 10.1 Å². The van der Waals surface area contributed by atoms with Crippen LogP contribution in [-0.4, -0.2) is 29.5 Å². The minimum absolute atomic E-state index is 0.371. The van der Waals surface area contributed by atoms with Crippen LogP contribution in [0, 0.1) is 13.8 Å². The highest BCUT2D eigenvalue weighted by molar-refractivity contribution is 5.28. The molecule has 96 valence electrons. The predicted molar refractivity (Wildman–Crippen MR) is 68.3 cm³/mol. The van der Waals surface area contributed by atoms with Gasteiger partial charge in [0.05, 0.1) is 18.3 Å². The van der Waals surface area contributed by atoms with E-state index in [9.17, 15) is 0 Å². The van der Waals surface area contributed by atoms with Gasteiger partial charge in [-0.1, -0.05) is 6.92 Å². The molecule has 4 heteroatoms. The van der Waals surface area contributed by atoms with Gasteiger partial charge in [-0.25, -0.2) is 0 Å². The lowest BCUT2D eigenvalue weighted by molar-refractivity contribution is 0.184. The van der Waals surface area contributed by atoms with Crippen molar-refractivity contribution in [3.63, 3.8) is 0 Å². The zero-order chi connectivity index (χ0) is 12.4. The van der Waals surface area contributed by atoms with Gasteiger partial charge >= 0.3 is 0 Å². The molecule has 17 heavy (non-hydrogen) atoms. The summed E-state index contributed by atoms with van der Waals surface area (Å²) in [7, 11) is 0. The van der Waals surface area contributed by atoms with Gasteiger partial charge in [-0.15, -0.1) is 0 Å². The Morgan fingerprint density at radius 3 is 2.88 bits per heavy atom. The Labute approximate surface area is 103 Å². The van der Waals surface area contributed by atoms with Crippen LogP contribution >= 0.6 is 0 Å². The molecule has 0 saturated carbocycles. The largest absolute Gasteiger partial charge is 0.379 e. The van der Waals surface area contributed by atoms with Gasteiger partial charge in [0.2, 0.25) is 0 Å². The average molecular weight is 237 g/mol. The number of nitrogens with one attached hydrogen (secondary N) is 1. The third-order valence-electron chi connectivity index (χ3n) is 3.58. The summed E-state index contributed by atoms with van der Waals surface area (Å²) in [6, 6.07) is 0.798. The van der Waals surface area contributed by atoms with E-state index in [0.29, 0.717) is 12.1 Å². The average Bonchev–Trinajstić information content (AvgIpc) is 2.87. The number of aryl methyl sites for hydroxylation is 1. The van der Waals surface area contributed by atoms with E-state index in [1.165, 1.54) is 11.3 Å². The van der Waals surface area contributed by atoms with Crippen molar-refractivity contribution in [1.29, 1.82) is 0 Å². The molecule has 4 nitrogen and oxygen atoms in total. The lowest BCUT2D eigenvalue weighted by atomic mass is 10.1. The summed E-state index contributed by atoms with van der Waals surface area (Å²) in [5, 5.41) is 8.15. The molecule has 1 fully saturated rings. The molecule has 2 unspecified atom stereocenters. The van der Waals surface area contributed by atoms with Crippen molar-refractivity contribution in [2.24, 2.45) is 0 Å². The van der Waals surface area contributed by atoms with Gasteiger partial charge in [-0.05, 0) is 33.7 Å². The monoisotopic (exact) mass is 237 g/mol. The number of hydrogen-bond acceptors (Lipinski definition) is 3. The second-order valence-electron chi connectivity index (χ2n) is 4.83. The van der Waals surface area contributed by atoms with Crippen molar-refractivity contribution < 1.29 is 4.74 Å². The molecule has 1 saturated heterocycles. The Hall–Kier alpha value is -0.870. The summed E-state index contributed by atoms with van der Waals surface area (Å²) in [6.45, 7) is 11.3. The SMILES string of the molecule is CCNC(C)c1c(C)nn(C2CCOC2)c1C. The standard InChI is InChI=1S/C13H23N3O/c1-5-14-9(2)13-10(3)15-16(11(13)4)12-6-7-17-8-12/h9,12,14H,5-8H2,1-4H3. The van der Waals surface area contributed by atoms with Crippen LogP contribution in [0.5, 0.6) is 0 Å². The molecule has 1 aliphatic rings. The van der Waals surface area contributed by atoms with Gasteiger partial charge in [0.1, 0.15) is 0 Å². The molecule has 1 aromatic rings. The zero-order valence-electron chi connectivity index (χ0n) is 11.3. The van der Waals surface area contributed by atoms with E-state index in [4.69, 9.17) is 9.84 Å². The zero-order valence-corrected chi connectivity index (χ0v) is 11.3. The number of nitrogens with zero attached hydrogens (tertiary/aromatic N) is 2. The first-order valence-corrected chi connectivity index (χ1v) is 6.51. The molecular formula is C13H23N3O. The van der Waals surface area contributed by atoms with Crippen LogP contribution < -0.4 is 5.32 Å². The maximum atomic E-state index is 5.45. The summed E-state index contributed by atoms with van der Waals surface area (Å²) < 4.78 is 7.61. The first-order valence-electron chi connectivity index (χ1n) is 6.51. The van der Waals surface area contributed by atoms with Crippen LogP contribution in [0.25, 0.3) is 0 Å². The molecule has 0 aromatic carbocycles. The number of rotatable bonds is 4. The van der Waals surface area contributed by atoms with Crippen LogP contribution in [0.15, 0.2) is 0 Å². The van der Waals surface area contributed by atoms with Gasteiger partial charge in [0.15, 0.2) is 0 Å². The van der Waals surface area contributed by atoms with Crippen molar-refractivity contribution in [2.75, 3.05) is 19.8 Å². The summed E-state index contributed by atoms with van der Waals surface area (Å²) >= 11 is 0. The summed E-state index contributed by atoms with van der Waals surface area (Å²) in [5.74, 6) is 0. The topological polar surface area (TPSA) is 39.1 Å². The van der Waals surface area contributed by atoms with Gasteiger partial charge in [0, 0.05) is 23.9 Å². The van der Waals surface area contributed by atoms with Crippen LogP contribution in [0.2, 0.25) is 0 Å². The van der Waals surface area contributed by atoms with Crippen LogP contribution in [0.4, 0.5) is 0 Å². The third kappa shape index (κ3) is 2.38. The fourth-order valence-corrected chi connectivity index (χ4v) is 2.78. The lowest BCUT2D eigenvalue weighted by Crippen LogP contribution is -2.19. The van der Waals surface area contributed by atoms with Crippen molar-refractivity contribution in [1.82, 2.24) is 15.1 Å². The van der Waals surface area contributed by atoms with Gasteiger partial charge in [-0.3, -0.25) is 4.68 Å². The van der Waals surface area contributed by atoms with Crippen LogP contribution in [0.1, 0.15) is 49.3 Å². The van der Waals surface area contributed by atoms with Crippen molar-refractivity contribution >= 4 is 0 Å². The van der Waals surface area contributed by atoms with Crippen LogP contribution in [0.3, 0.4) is 0 Å². The highest BCUT2D eigenvalue weighted by Gasteiger charge is 2.24. The van der Waals surface area contributed by atoms with Crippen molar-refractivity contribution in [3.05, 3.63) is 17.0 Å². The normalized spacial score (nSPS) is 22.0. The molecule has 0 amide bonds. The molecule has 0 aliphatic carbocycles. The van der Waals surface area contributed by atoms with E-state index in [0.717, 1.165) is 31.9 Å². The first-order chi connectivity index (χ1) is 8.15.